The molecule has 6 nitrogen and oxygen atoms in total. The molecular formula is C28H30BrN3O3S. The maximum absolute atomic E-state index is 13.0. The van der Waals surface area contributed by atoms with Gasteiger partial charge in [0.15, 0.2) is 5.11 Å². The van der Waals surface area contributed by atoms with E-state index in [9.17, 15) is 9.59 Å². The van der Waals surface area contributed by atoms with Gasteiger partial charge in [0.25, 0.3) is 5.91 Å². The molecule has 188 valence electrons. The number of hydrogen-bond donors (Lipinski definition) is 3. The Labute approximate surface area is 226 Å². The van der Waals surface area contributed by atoms with E-state index < -0.39 is 0 Å². The van der Waals surface area contributed by atoms with Crippen molar-refractivity contribution in [2.45, 2.75) is 39.0 Å². The third-order valence-electron chi connectivity index (χ3n) is 5.32. The highest BCUT2D eigenvalue weighted by molar-refractivity contribution is 9.10. The van der Waals surface area contributed by atoms with E-state index in [0.717, 1.165) is 35.7 Å². The summed E-state index contributed by atoms with van der Waals surface area (Å²) in [6, 6.07) is 22.5. The molecule has 3 rings (SSSR count). The highest BCUT2D eigenvalue weighted by Gasteiger charge is 2.15. The third-order valence-corrected chi connectivity index (χ3v) is 6.01. The summed E-state index contributed by atoms with van der Waals surface area (Å²) in [4.78, 5) is 25.1. The van der Waals surface area contributed by atoms with Crippen molar-refractivity contribution < 1.29 is 14.3 Å². The van der Waals surface area contributed by atoms with Crippen LogP contribution in [0.3, 0.4) is 0 Å². The number of amides is 2. The molecule has 36 heavy (non-hydrogen) atoms. The van der Waals surface area contributed by atoms with Crippen LogP contribution in [-0.4, -0.2) is 23.5 Å². The molecule has 0 fully saturated rings. The highest BCUT2D eigenvalue weighted by Crippen LogP contribution is 2.24. The van der Waals surface area contributed by atoms with E-state index >= 15 is 0 Å². The molecule has 0 aliphatic carbocycles. The van der Waals surface area contributed by atoms with Crippen molar-refractivity contribution in [3.8, 4) is 5.75 Å². The van der Waals surface area contributed by atoms with Gasteiger partial charge in [-0.15, -0.1) is 0 Å². The molecule has 8 heteroatoms. The van der Waals surface area contributed by atoms with E-state index in [-0.39, 0.29) is 16.9 Å². The number of carbonyl (C=O) groups is 2. The monoisotopic (exact) mass is 567 g/mol. The van der Waals surface area contributed by atoms with E-state index in [0.29, 0.717) is 35.7 Å². The van der Waals surface area contributed by atoms with Gasteiger partial charge in [0.1, 0.15) is 5.75 Å². The van der Waals surface area contributed by atoms with Crippen LogP contribution in [0, 0.1) is 0 Å². The van der Waals surface area contributed by atoms with Gasteiger partial charge < -0.3 is 15.4 Å². The van der Waals surface area contributed by atoms with E-state index in [1.54, 1.807) is 24.3 Å². The van der Waals surface area contributed by atoms with Gasteiger partial charge in [0.05, 0.1) is 12.2 Å². The molecule has 0 saturated carbocycles. The van der Waals surface area contributed by atoms with Gasteiger partial charge in [-0.1, -0.05) is 72.1 Å². The van der Waals surface area contributed by atoms with Gasteiger partial charge in [0.2, 0.25) is 5.91 Å². The summed E-state index contributed by atoms with van der Waals surface area (Å²) in [5.41, 5.74) is 2.84. The number of unbranched alkanes of at least 4 members (excludes halogenated alkanes) is 2. The molecule has 0 aliphatic rings. The minimum atomic E-state index is -0.385. The Kier molecular flexibility index (Phi) is 10.9. The van der Waals surface area contributed by atoms with Crippen molar-refractivity contribution >= 4 is 56.4 Å². The summed E-state index contributed by atoms with van der Waals surface area (Å²) in [6.45, 7) is 2.54. The van der Waals surface area contributed by atoms with Crippen LogP contribution in [0.1, 0.15) is 48.5 Å². The molecule has 0 saturated heterocycles. The lowest BCUT2D eigenvalue weighted by molar-refractivity contribution is -0.116. The first-order valence-electron chi connectivity index (χ1n) is 11.9. The fraction of sp³-hybridized carbons (Fsp3) is 0.250. The lowest BCUT2D eigenvalue weighted by Gasteiger charge is -2.14. The molecular weight excluding hydrogens is 538 g/mol. The summed E-state index contributed by atoms with van der Waals surface area (Å²) >= 11 is 8.78. The Morgan fingerprint density at radius 1 is 0.917 bits per heavy atom. The first-order valence-corrected chi connectivity index (χ1v) is 13.1. The van der Waals surface area contributed by atoms with Gasteiger partial charge in [-0.2, -0.15) is 0 Å². The Hall–Kier alpha value is -3.23. The molecule has 0 bridgehead atoms. The Morgan fingerprint density at radius 2 is 1.67 bits per heavy atom. The average molecular weight is 569 g/mol. The predicted octanol–water partition coefficient (Wildman–Crippen LogP) is 6.72. The zero-order chi connectivity index (χ0) is 25.8. The largest absolute Gasteiger partial charge is 0.492 e. The molecule has 0 unspecified atom stereocenters. The van der Waals surface area contributed by atoms with Gasteiger partial charge >= 0.3 is 0 Å². The maximum atomic E-state index is 13.0. The molecule has 3 aromatic carbocycles. The van der Waals surface area contributed by atoms with Crippen LogP contribution in [0.4, 0.5) is 11.4 Å². The SMILES string of the molecule is CCCCCC(=O)Nc1cccc(NC(=S)NC(=O)c2cc(Br)ccc2OCCc2ccccc2)c1. The second-order valence-electron chi connectivity index (χ2n) is 8.22. The van der Waals surface area contributed by atoms with Gasteiger partial charge in [-0.3, -0.25) is 14.9 Å². The summed E-state index contributed by atoms with van der Waals surface area (Å²) in [6.07, 6.45) is 4.17. The standard InChI is InChI=1S/C28H30BrN3O3S/c1-2-3-5-13-26(33)30-22-11-8-12-23(19-22)31-28(36)32-27(34)24-18-21(29)14-15-25(24)35-17-16-20-9-6-4-7-10-20/h4,6-12,14-15,18-19H,2-3,5,13,16-17H2,1H3,(H,30,33)(H2,31,32,34,36). The highest BCUT2D eigenvalue weighted by atomic mass is 79.9. The lowest BCUT2D eigenvalue weighted by atomic mass is 10.1. The Bertz CT molecular complexity index is 1190. The van der Waals surface area contributed by atoms with E-state index in [4.69, 9.17) is 17.0 Å². The van der Waals surface area contributed by atoms with Gasteiger partial charge in [-0.05, 0) is 60.6 Å². The molecule has 0 radical (unpaired) electrons. The number of rotatable bonds is 11. The fourth-order valence-corrected chi connectivity index (χ4v) is 4.07. The van der Waals surface area contributed by atoms with Gasteiger partial charge in [-0.25, -0.2) is 0 Å². The summed E-state index contributed by atoms with van der Waals surface area (Å²) < 4.78 is 6.67. The smallest absolute Gasteiger partial charge is 0.261 e. The van der Waals surface area contributed by atoms with Crippen molar-refractivity contribution in [2.24, 2.45) is 0 Å². The van der Waals surface area contributed by atoms with Crippen molar-refractivity contribution in [3.05, 3.63) is 88.4 Å². The minimum Gasteiger partial charge on any atom is -0.492 e. The van der Waals surface area contributed by atoms with Gasteiger partial charge in [0, 0.05) is 28.7 Å². The topological polar surface area (TPSA) is 79.5 Å². The predicted molar refractivity (Wildman–Crippen MR) is 153 cm³/mol. The third kappa shape index (κ3) is 9.09. The second-order valence-corrected chi connectivity index (χ2v) is 9.54. The molecule has 0 aromatic heterocycles. The summed E-state index contributed by atoms with van der Waals surface area (Å²) in [7, 11) is 0. The minimum absolute atomic E-state index is 0.0223. The van der Waals surface area contributed by atoms with Crippen LogP contribution in [0.5, 0.6) is 5.75 Å². The zero-order valence-corrected chi connectivity index (χ0v) is 22.6. The fourth-order valence-electron chi connectivity index (χ4n) is 3.50. The number of hydrogen-bond acceptors (Lipinski definition) is 4. The Morgan fingerprint density at radius 3 is 2.42 bits per heavy atom. The average Bonchev–Trinajstić information content (AvgIpc) is 2.86. The molecule has 0 aliphatic heterocycles. The Balaban J connectivity index is 1.57. The van der Waals surface area contributed by atoms with E-state index in [1.165, 1.54) is 0 Å². The van der Waals surface area contributed by atoms with Crippen molar-refractivity contribution in [1.29, 1.82) is 0 Å². The van der Waals surface area contributed by atoms with Crippen LogP contribution < -0.4 is 20.7 Å². The van der Waals surface area contributed by atoms with Crippen molar-refractivity contribution in [3.63, 3.8) is 0 Å². The molecule has 0 atom stereocenters. The number of halogens is 1. The molecule has 0 spiro atoms. The summed E-state index contributed by atoms with van der Waals surface area (Å²) in [5, 5.41) is 8.75. The number of carbonyl (C=O) groups excluding carboxylic acids is 2. The molecule has 2 amide bonds. The molecule has 3 aromatic rings. The van der Waals surface area contributed by atoms with Crippen LogP contribution in [0.25, 0.3) is 0 Å². The first kappa shape index (κ1) is 27.4. The first-order chi connectivity index (χ1) is 17.4. The number of nitrogens with one attached hydrogen (secondary N) is 3. The quantitative estimate of drug-likeness (QED) is 0.177. The number of thiocarbonyl (C=S) groups is 1. The normalized spacial score (nSPS) is 10.4. The number of anilines is 2. The van der Waals surface area contributed by atoms with Crippen LogP contribution in [0.2, 0.25) is 0 Å². The summed E-state index contributed by atoms with van der Waals surface area (Å²) in [5.74, 6) is 0.0667. The van der Waals surface area contributed by atoms with Crippen molar-refractivity contribution in [1.82, 2.24) is 5.32 Å². The van der Waals surface area contributed by atoms with Crippen LogP contribution >= 0.6 is 28.1 Å². The number of ether oxygens (including phenoxy) is 1. The number of benzene rings is 3. The van der Waals surface area contributed by atoms with E-state index in [1.807, 2.05) is 48.5 Å². The van der Waals surface area contributed by atoms with Crippen LogP contribution in [-0.2, 0) is 11.2 Å². The molecule has 0 heterocycles. The lowest BCUT2D eigenvalue weighted by Crippen LogP contribution is -2.34. The maximum Gasteiger partial charge on any atom is 0.261 e. The molecule has 3 N–H and O–H groups in total. The van der Waals surface area contributed by atoms with E-state index in [2.05, 4.69) is 38.8 Å². The van der Waals surface area contributed by atoms with Crippen molar-refractivity contribution in [2.75, 3.05) is 17.2 Å². The zero-order valence-electron chi connectivity index (χ0n) is 20.2. The van der Waals surface area contributed by atoms with Crippen LogP contribution in [0.15, 0.2) is 77.3 Å². The second kappa shape index (κ2) is 14.4.